The Morgan fingerprint density at radius 3 is 2.48 bits per heavy atom. The third kappa shape index (κ3) is 10.8. The minimum absolute atomic E-state index is 0.0259. The first-order chi connectivity index (χ1) is 15.7. The van der Waals surface area contributed by atoms with Crippen LogP contribution in [0.4, 0.5) is 0 Å². The third-order valence-electron chi connectivity index (χ3n) is 6.17. The molecule has 4 atom stereocenters. The molecule has 0 saturated heterocycles. The van der Waals surface area contributed by atoms with E-state index in [0.29, 0.717) is 49.8 Å². The molecule has 0 aliphatic heterocycles. The molecular formula is C26H46N2O5. The van der Waals surface area contributed by atoms with Gasteiger partial charge in [-0.3, -0.25) is 4.79 Å². The number of carbonyl (C=O) groups is 1. The van der Waals surface area contributed by atoms with Gasteiger partial charge in [0.25, 0.3) is 0 Å². The number of aliphatic hydroxyl groups excluding tert-OH is 2. The Morgan fingerprint density at radius 2 is 1.88 bits per heavy atom. The van der Waals surface area contributed by atoms with E-state index in [4.69, 9.17) is 20.3 Å². The van der Waals surface area contributed by atoms with Gasteiger partial charge in [0.05, 0.1) is 19.8 Å². The predicted octanol–water partition coefficient (Wildman–Crippen LogP) is 3.29. The molecule has 1 amide bonds. The van der Waals surface area contributed by atoms with Gasteiger partial charge in [0.2, 0.25) is 5.91 Å². The summed E-state index contributed by atoms with van der Waals surface area (Å²) in [7, 11) is 1.61. The fourth-order valence-electron chi connectivity index (χ4n) is 3.81. The predicted molar refractivity (Wildman–Crippen MR) is 133 cm³/mol. The maximum atomic E-state index is 12.2. The lowest BCUT2D eigenvalue weighted by molar-refractivity contribution is -0.125. The lowest BCUT2D eigenvalue weighted by atomic mass is 9.82. The van der Waals surface area contributed by atoms with E-state index >= 15 is 0 Å². The van der Waals surface area contributed by atoms with Crippen LogP contribution in [0.2, 0.25) is 0 Å². The first-order valence-corrected chi connectivity index (χ1v) is 12.3. The zero-order valence-corrected chi connectivity index (χ0v) is 21.2. The number of hydrogen-bond acceptors (Lipinski definition) is 6. The fraction of sp³-hybridized carbons (Fsp3) is 0.731. The number of hydrogen-bond donors (Lipinski definition) is 4. The van der Waals surface area contributed by atoms with Gasteiger partial charge in [-0.2, -0.15) is 0 Å². The molecule has 0 heterocycles. The van der Waals surface area contributed by atoms with Crippen molar-refractivity contribution in [3.63, 3.8) is 0 Å². The monoisotopic (exact) mass is 466 g/mol. The second-order valence-electron chi connectivity index (χ2n) is 9.37. The minimum Gasteiger partial charge on any atom is -0.493 e. The van der Waals surface area contributed by atoms with Gasteiger partial charge in [0.15, 0.2) is 11.5 Å². The zero-order valence-electron chi connectivity index (χ0n) is 21.2. The smallest absolute Gasteiger partial charge is 0.222 e. The van der Waals surface area contributed by atoms with Crippen LogP contribution in [0.3, 0.4) is 0 Å². The number of methoxy groups -OCH3 is 1. The van der Waals surface area contributed by atoms with Crippen molar-refractivity contribution in [2.45, 2.75) is 78.4 Å². The summed E-state index contributed by atoms with van der Waals surface area (Å²) in [5, 5.41) is 22.6. The van der Waals surface area contributed by atoms with Gasteiger partial charge in [-0.1, -0.05) is 40.2 Å². The first kappa shape index (κ1) is 29.2. The Bertz CT molecular complexity index is 683. The maximum Gasteiger partial charge on any atom is 0.222 e. The Hall–Kier alpha value is -1.83. The summed E-state index contributed by atoms with van der Waals surface area (Å²) >= 11 is 0. The van der Waals surface area contributed by atoms with E-state index in [0.717, 1.165) is 24.8 Å². The van der Waals surface area contributed by atoms with Crippen molar-refractivity contribution >= 4 is 5.91 Å². The summed E-state index contributed by atoms with van der Waals surface area (Å²) in [6.07, 6.45) is 3.63. The van der Waals surface area contributed by atoms with E-state index in [2.05, 4.69) is 26.1 Å². The van der Waals surface area contributed by atoms with Gasteiger partial charge in [0.1, 0.15) is 0 Å². The van der Waals surface area contributed by atoms with Gasteiger partial charge in [-0.15, -0.1) is 0 Å². The lowest BCUT2D eigenvalue weighted by Gasteiger charge is -2.28. The van der Waals surface area contributed by atoms with Crippen molar-refractivity contribution in [3.8, 4) is 11.5 Å². The normalized spacial score (nSPS) is 15.1. The Labute approximate surface area is 200 Å². The third-order valence-corrected chi connectivity index (χ3v) is 6.17. The second kappa shape index (κ2) is 15.9. The van der Waals surface area contributed by atoms with Crippen LogP contribution >= 0.6 is 0 Å². The molecular weight excluding hydrogens is 420 g/mol. The fourth-order valence-corrected chi connectivity index (χ4v) is 3.81. The Morgan fingerprint density at radius 1 is 1.15 bits per heavy atom. The number of aliphatic hydroxyl groups is 2. The van der Waals surface area contributed by atoms with Crippen LogP contribution < -0.4 is 20.5 Å². The molecule has 1 rings (SSSR count). The molecule has 0 aliphatic rings. The number of benzene rings is 1. The largest absolute Gasteiger partial charge is 0.493 e. The average molecular weight is 467 g/mol. The molecule has 0 radical (unpaired) electrons. The second-order valence-corrected chi connectivity index (χ2v) is 9.37. The van der Waals surface area contributed by atoms with Crippen molar-refractivity contribution in [1.29, 1.82) is 0 Å². The van der Waals surface area contributed by atoms with Gasteiger partial charge in [-0.05, 0) is 55.2 Å². The number of carbonyl (C=O) groups excluding carboxylic acids is 1. The molecule has 7 nitrogen and oxygen atoms in total. The number of unbranched alkanes of at least 4 members (excludes halogenated alkanes) is 1. The highest BCUT2D eigenvalue weighted by Crippen LogP contribution is 2.31. The van der Waals surface area contributed by atoms with E-state index in [1.165, 1.54) is 0 Å². The molecule has 0 aromatic heterocycles. The van der Waals surface area contributed by atoms with Crippen molar-refractivity contribution in [3.05, 3.63) is 23.8 Å². The van der Waals surface area contributed by atoms with E-state index in [9.17, 15) is 9.90 Å². The summed E-state index contributed by atoms with van der Waals surface area (Å²) in [5.74, 6) is 1.66. The molecule has 0 bridgehead atoms. The van der Waals surface area contributed by atoms with Crippen LogP contribution in [0.25, 0.3) is 0 Å². The van der Waals surface area contributed by atoms with Crippen molar-refractivity contribution < 1.29 is 24.5 Å². The number of rotatable bonds is 17. The zero-order chi connectivity index (χ0) is 24.8. The standard InChI is InChI=1S/C26H46N2O5/c1-6-7-11-28-26(31)19(4)14-23(30)22(27)17-21(18(2)3)15-20-9-10-24(32-5)25(16-20)33-13-8-12-29/h9-10,16,18-19,21-23,29-30H,6-8,11-15,17,27H2,1-5H3,(H,28,31)/t19-,21+,22+,23+/m1/s1. The van der Waals surface area contributed by atoms with Crippen LogP contribution in [-0.2, 0) is 11.2 Å². The quantitative estimate of drug-likeness (QED) is 0.262. The topological polar surface area (TPSA) is 114 Å². The van der Waals surface area contributed by atoms with Gasteiger partial charge in [0, 0.05) is 31.5 Å². The van der Waals surface area contributed by atoms with Crippen LogP contribution in [-0.4, -0.2) is 55.1 Å². The molecule has 1 aromatic rings. The van der Waals surface area contributed by atoms with Crippen molar-refractivity contribution in [2.75, 3.05) is 26.9 Å². The summed E-state index contributed by atoms with van der Waals surface area (Å²) in [6, 6.07) is 5.50. The summed E-state index contributed by atoms with van der Waals surface area (Å²) in [6.45, 7) is 9.42. The number of nitrogens with two attached hydrogens (primary N) is 1. The molecule has 33 heavy (non-hydrogen) atoms. The highest BCUT2D eigenvalue weighted by Gasteiger charge is 2.26. The maximum absolute atomic E-state index is 12.2. The highest BCUT2D eigenvalue weighted by molar-refractivity contribution is 5.78. The summed E-state index contributed by atoms with van der Waals surface area (Å²) in [5.41, 5.74) is 7.50. The number of ether oxygens (including phenoxy) is 2. The van der Waals surface area contributed by atoms with E-state index in [1.54, 1.807) is 7.11 Å². The number of amides is 1. The molecule has 0 fully saturated rings. The highest BCUT2D eigenvalue weighted by atomic mass is 16.5. The van der Waals surface area contributed by atoms with E-state index in [1.807, 2.05) is 25.1 Å². The Balaban J connectivity index is 2.73. The van der Waals surface area contributed by atoms with Crippen molar-refractivity contribution in [1.82, 2.24) is 5.32 Å². The van der Waals surface area contributed by atoms with Crippen LogP contribution in [0.1, 0.15) is 65.4 Å². The molecule has 0 unspecified atom stereocenters. The summed E-state index contributed by atoms with van der Waals surface area (Å²) < 4.78 is 11.2. The van der Waals surface area contributed by atoms with Gasteiger partial charge < -0.3 is 30.7 Å². The molecule has 0 spiro atoms. The minimum atomic E-state index is -0.730. The SMILES string of the molecule is CCCCNC(=O)[C@H](C)C[C@H](O)[C@@H](N)C[C@H](Cc1ccc(OC)c(OCCCO)c1)C(C)C. The molecule has 0 aliphatic carbocycles. The molecule has 190 valence electrons. The van der Waals surface area contributed by atoms with Gasteiger partial charge >= 0.3 is 0 Å². The Kier molecular flexibility index (Phi) is 14.1. The van der Waals surface area contributed by atoms with Crippen LogP contribution in [0.5, 0.6) is 11.5 Å². The molecule has 0 saturated carbocycles. The van der Waals surface area contributed by atoms with Crippen molar-refractivity contribution in [2.24, 2.45) is 23.5 Å². The molecule has 7 heteroatoms. The van der Waals surface area contributed by atoms with Crippen LogP contribution in [0, 0.1) is 17.8 Å². The lowest BCUT2D eigenvalue weighted by Crippen LogP contribution is -2.41. The van der Waals surface area contributed by atoms with E-state index in [-0.39, 0.29) is 24.3 Å². The molecule has 5 N–H and O–H groups in total. The first-order valence-electron chi connectivity index (χ1n) is 12.3. The molecule has 1 aromatic carbocycles. The van der Waals surface area contributed by atoms with Gasteiger partial charge in [-0.25, -0.2) is 0 Å². The summed E-state index contributed by atoms with van der Waals surface area (Å²) in [4.78, 5) is 12.2. The van der Waals surface area contributed by atoms with E-state index < -0.39 is 12.1 Å². The average Bonchev–Trinajstić information content (AvgIpc) is 2.78. The van der Waals surface area contributed by atoms with Crippen LogP contribution in [0.15, 0.2) is 18.2 Å². The number of nitrogens with one attached hydrogen (secondary N) is 1.